The molecule has 4 rings (SSSR count). The summed E-state index contributed by atoms with van der Waals surface area (Å²) in [5, 5.41) is 11.4. The van der Waals surface area contributed by atoms with Gasteiger partial charge >= 0.3 is 0 Å². The van der Waals surface area contributed by atoms with E-state index in [1.165, 1.54) is 0 Å². The molecule has 28 heavy (non-hydrogen) atoms. The molecule has 0 fully saturated rings. The van der Waals surface area contributed by atoms with Crippen LogP contribution in [0.15, 0.2) is 84.6 Å². The molecule has 1 N–H and O–H groups in total. The maximum absolute atomic E-state index is 13.0. The van der Waals surface area contributed by atoms with Gasteiger partial charge in [0.2, 0.25) is 0 Å². The van der Waals surface area contributed by atoms with Crippen LogP contribution in [-0.2, 0) is 11.3 Å². The second kappa shape index (κ2) is 7.53. The molecular formula is C24H20ClNO2. The molecule has 3 aromatic rings. The van der Waals surface area contributed by atoms with Crippen LogP contribution in [-0.4, -0.2) is 15.9 Å². The van der Waals surface area contributed by atoms with Crippen molar-refractivity contribution >= 4 is 23.1 Å². The van der Waals surface area contributed by atoms with Crippen LogP contribution in [0.3, 0.4) is 0 Å². The number of hydrogen-bond acceptors (Lipinski definition) is 2. The van der Waals surface area contributed by atoms with Gasteiger partial charge in [-0.25, -0.2) is 0 Å². The summed E-state index contributed by atoms with van der Waals surface area (Å²) in [6, 6.07) is 24.8. The first-order valence-corrected chi connectivity index (χ1v) is 9.53. The van der Waals surface area contributed by atoms with Gasteiger partial charge in [-0.3, -0.25) is 4.79 Å². The van der Waals surface area contributed by atoms with Crippen LogP contribution >= 0.6 is 11.6 Å². The van der Waals surface area contributed by atoms with E-state index in [1.54, 1.807) is 4.90 Å². The molecule has 3 nitrogen and oxygen atoms in total. The molecule has 0 saturated carbocycles. The highest BCUT2D eigenvalue weighted by Crippen LogP contribution is 2.43. The van der Waals surface area contributed by atoms with Crippen molar-refractivity contribution in [2.45, 2.75) is 19.5 Å². The fourth-order valence-corrected chi connectivity index (χ4v) is 3.74. The fourth-order valence-electron chi connectivity index (χ4n) is 3.61. The van der Waals surface area contributed by atoms with E-state index in [1.807, 2.05) is 85.8 Å². The highest BCUT2D eigenvalue weighted by molar-refractivity contribution is 6.30. The quantitative estimate of drug-likeness (QED) is 0.621. The second-order valence-electron chi connectivity index (χ2n) is 7.00. The molecule has 3 aromatic carbocycles. The number of nitrogens with zero attached hydrogens (tertiary/aromatic N) is 1. The van der Waals surface area contributed by atoms with E-state index in [4.69, 9.17) is 11.6 Å². The Bertz CT molecular complexity index is 1020. The molecule has 0 spiro atoms. The molecule has 0 unspecified atom stereocenters. The lowest BCUT2D eigenvalue weighted by molar-refractivity contribution is -0.130. The Morgan fingerprint density at radius 2 is 1.57 bits per heavy atom. The number of halogens is 1. The summed E-state index contributed by atoms with van der Waals surface area (Å²) in [5.41, 5.74) is 4.54. The Balaban J connectivity index is 1.79. The van der Waals surface area contributed by atoms with E-state index in [-0.39, 0.29) is 17.7 Å². The third-order valence-corrected chi connectivity index (χ3v) is 5.30. The maximum atomic E-state index is 13.0. The van der Waals surface area contributed by atoms with Gasteiger partial charge in [0.05, 0.1) is 6.04 Å². The van der Waals surface area contributed by atoms with Gasteiger partial charge in [0.15, 0.2) is 5.76 Å². The molecule has 0 aliphatic carbocycles. The minimum Gasteiger partial charge on any atom is -0.503 e. The summed E-state index contributed by atoms with van der Waals surface area (Å²) >= 11 is 5.99. The van der Waals surface area contributed by atoms with Crippen molar-refractivity contribution in [3.05, 3.63) is 112 Å². The SMILES string of the molecule is Cc1ccc(C2=C(O)C(=O)N(Cc3ccc(Cl)cc3)[C@@H]2c2ccccc2)cc1. The lowest BCUT2D eigenvalue weighted by Crippen LogP contribution is -2.29. The van der Waals surface area contributed by atoms with Gasteiger partial charge in [0.25, 0.3) is 5.91 Å². The smallest absolute Gasteiger partial charge is 0.290 e. The van der Waals surface area contributed by atoms with E-state index in [2.05, 4.69) is 0 Å². The Kier molecular flexibility index (Phi) is 4.93. The van der Waals surface area contributed by atoms with E-state index in [9.17, 15) is 9.90 Å². The molecule has 1 atom stereocenters. The fraction of sp³-hybridized carbons (Fsp3) is 0.125. The predicted octanol–water partition coefficient (Wildman–Crippen LogP) is 5.70. The minimum atomic E-state index is -0.362. The molecule has 140 valence electrons. The normalized spacial score (nSPS) is 16.7. The third-order valence-electron chi connectivity index (χ3n) is 5.05. The number of carbonyl (C=O) groups excluding carboxylic acids is 1. The lowest BCUT2D eigenvalue weighted by atomic mass is 9.93. The number of rotatable bonds is 4. The number of aryl methyl sites for hydroxylation is 1. The highest BCUT2D eigenvalue weighted by Gasteiger charge is 2.40. The zero-order valence-corrected chi connectivity index (χ0v) is 16.2. The summed E-state index contributed by atoms with van der Waals surface area (Å²) in [6.45, 7) is 2.40. The summed E-state index contributed by atoms with van der Waals surface area (Å²) in [7, 11) is 0. The number of benzene rings is 3. The van der Waals surface area contributed by atoms with Gasteiger partial charge in [0.1, 0.15) is 0 Å². The lowest BCUT2D eigenvalue weighted by Gasteiger charge is -2.27. The Morgan fingerprint density at radius 1 is 0.929 bits per heavy atom. The van der Waals surface area contributed by atoms with E-state index < -0.39 is 0 Å². The van der Waals surface area contributed by atoms with Crippen molar-refractivity contribution in [3.63, 3.8) is 0 Å². The van der Waals surface area contributed by atoms with Crippen molar-refractivity contribution < 1.29 is 9.90 Å². The number of amides is 1. The van der Waals surface area contributed by atoms with Gasteiger partial charge in [-0.15, -0.1) is 0 Å². The average molecular weight is 390 g/mol. The molecule has 1 aliphatic heterocycles. The molecular weight excluding hydrogens is 370 g/mol. The van der Waals surface area contributed by atoms with Gasteiger partial charge in [-0.1, -0.05) is 83.9 Å². The topological polar surface area (TPSA) is 40.5 Å². The van der Waals surface area contributed by atoms with Crippen LogP contribution in [0.5, 0.6) is 0 Å². The summed E-state index contributed by atoms with van der Waals surface area (Å²) < 4.78 is 0. The predicted molar refractivity (Wildman–Crippen MR) is 112 cm³/mol. The molecule has 0 radical (unpaired) electrons. The van der Waals surface area contributed by atoms with E-state index in [0.717, 1.165) is 22.3 Å². The summed E-state index contributed by atoms with van der Waals surface area (Å²) in [5.74, 6) is -0.550. The van der Waals surface area contributed by atoms with Crippen molar-refractivity contribution in [1.29, 1.82) is 0 Å². The maximum Gasteiger partial charge on any atom is 0.290 e. The molecule has 4 heteroatoms. The van der Waals surface area contributed by atoms with E-state index in [0.29, 0.717) is 17.1 Å². The van der Waals surface area contributed by atoms with E-state index >= 15 is 0 Å². The van der Waals surface area contributed by atoms with Crippen LogP contribution < -0.4 is 0 Å². The zero-order chi connectivity index (χ0) is 19.7. The highest BCUT2D eigenvalue weighted by atomic mass is 35.5. The largest absolute Gasteiger partial charge is 0.503 e. The Labute approximate surface area is 169 Å². The molecule has 1 amide bonds. The van der Waals surface area contributed by atoms with Gasteiger partial charge in [-0.05, 0) is 35.7 Å². The van der Waals surface area contributed by atoms with Crippen molar-refractivity contribution in [2.75, 3.05) is 0 Å². The summed E-state index contributed by atoms with van der Waals surface area (Å²) in [4.78, 5) is 14.7. The average Bonchev–Trinajstić information content (AvgIpc) is 2.96. The van der Waals surface area contributed by atoms with Crippen molar-refractivity contribution in [1.82, 2.24) is 4.90 Å². The van der Waals surface area contributed by atoms with Crippen molar-refractivity contribution in [3.8, 4) is 0 Å². The minimum absolute atomic E-state index is 0.188. The number of aliphatic hydroxyl groups excluding tert-OH is 1. The number of carbonyl (C=O) groups is 1. The van der Waals surface area contributed by atoms with Gasteiger partial charge in [0, 0.05) is 17.1 Å². The Morgan fingerprint density at radius 3 is 2.21 bits per heavy atom. The first-order chi connectivity index (χ1) is 13.5. The van der Waals surface area contributed by atoms with Gasteiger partial charge < -0.3 is 10.0 Å². The Hall–Kier alpha value is -3.04. The monoisotopic (exact) mass is 389 g/mol. The second-order valence-corrected chi connectivity index (χ2v) is 7.44. The zero-order valence-electron chi connectivity index (χ0n) is 15.5. The third kappa shape index (κ3) is 3.41. The first kappa shape index (κ1) is 18.3. The van der Waals surface area contributed by atoms with Crippen LogP contribution in [0.4, 0.5) is 0 Å². The molecule has 0 saturated heterocycles. The van der Waals surface area contributed by atoms with Crippen LogP contribution in [0.2, 0.25) is 5.02 Å². The molecule has 1 aliphatic rings. The standard InChI is InChI=1S/C24H20ClNO2/c1-16-7-11-18(12-8-16)21-22(19-5-3-2-4-6-19)26(24(28)23(21)27)15-17-9-13-20(25)14-10-17/h2-14,22,27H,15H2,1H3/t22-/m1/s1. The molecule has 0 bridgehead atoms. The van der Waals surface area contributed by atoms with Crippen molar-refractivity contribution in [2.24, 2.45) is 0 Å². The molecule has 0 aromatic heterocycles. The van der Waals surface area contributed by atoms with Gasteiger partial charge in [-0.2, -0.15) is 0 Å². The van der Waals surface area contributed by atoms with Crippen LogP contribution in [0, 0.1) is 6.92 Å². The summed E-state index contributed by atoms with van der Waals surface area (Å²) in [6.07, 6.45) is 0. The van der Waals surface area contributed by atoms with Crippen LogP contribution in [0.25, 0.3) is 5.57 Å². The van der Waals surface area contributed by atoms with Crippen LogP contribution in [0.1, 0.15) is 28.3 Å². The number of aliphatic hydroxyl groups is 1. The first-order valence-electron chi connectivity index (χ1n) is 9.15. The molecule has 1 heterocycles. The number of hydrogen-bond donors (Lipinski definition) is 1.